The summed E-state index contributed by atoms with van der Waals surface area (Å²) in [7, 11) is 0. The minimum absolute atomic E-state index is 0.297. The van der Waals surface area contributed by atoms with E-state index in [2.05, 4.69) is 4.98 Å². The van der Waals surface area contributed by atoms with Gasteiger partial charge in [0.2, 0.25) is 11.9 Å². The smallest absolute Gasteiger partial charge is 0.494 e. The zero-order chi connectivity index (χ0) is 16.7. The monoisotopic (exact) mass is 325 g/mol. The topological polar surface area (TPSA) is 64.6 Å². The first-order chi connectivity index (χ1) is 11.7. The quantitative estimate of drug-likeness (QED) is 0.807. The fourth-order valence-electron chi connectivity index (χ4n) is 3.42. The predicted molar refractivity (Wildman–Crippen MR) is 85.0 cm³/mol. The summed E-state index contributed by atoms with van der Waals surface area (Å²) in [5, 5.41) is 0. The molecule has 0 saturated heterocycles. The number of aromatic nitrogens is 2. The molecule has 6 nitrogen and oxygen atoms in total. The third-order valence-electron chi connectivity index (χ3n) is 4.54. The summed E-state index contributed by atoms with van der Waals surface area (Å²) >= 11 is 0. The van der Waals surface area contributed by atoms with Crippen LogP contribution < -0.4 is 19.2 Å². The SMILES string of the molecule is CCOc1ccc(N2C(=O)c3c[nH+]c4c([n+]3C2=O)CCCC4)cc1. The van der Waals surface area contributed by atoms with E-state index in [1.165, 1.54) is 4.90 Å². The molecule has 24 heavy (non-hydrogen) atoms. The number of hydrogen-bond acceptors (Lipinski definition) is 3. The van der Waals surface area contributed by atoms with E-state index in [0.717, 1.165) is 42.8 Å². The number of aryl methyl sites for hydroxylation is 1. The van der Waals surface area contributed by atoms with E-state index in [9.17, 15) is 9.59 Å². The summed E-state index contributed by atoms with van der Waals surface area (Å²) in [4.78, 5) is 30.1. The van der Waals surface area contributed by atoms with Crippen LogP contribution in [0.5, 0.6) is 5.75 Å². The minimum atomic E-state index is -0.300. The summed E-state index contributed by atoms with van der Waals surface area (Å²) in [5.74, 6) is 0.421. The van der Waals surface area contributed by atoms with Gasteiger partial charge in [-0.3, -0.25) is 0 Å². The van der Waals surface area contributed by atoms with Gasteiger partial charge in [-0.05, 0) is 44.0 Å². The molecule has 1 aliphatic heterocycles. The van der Waals surface area contributed by atoms with E-state index in [4.69, 9.17) is 4.74 Å². The Kier molecular flexibility index (Phi) is 3.52. The van der Waals surface area contributed by atoms with Crippen molar-refractivity contribution in [2.75, 3.05) is 11.5 Å². The Morgan fingerprint density at radius 1 is 1.17 bits per heavy atom. The first-order valence-corrected chi connectivity index (χ1v) is 8.31. The molecule has 2 amide bonds. The molecule has 1 aliphatic carbocycles. The molecule has 1 aromatic carbocycles. The lowest BCUT2D eigenvalue weighted by Crippen LogP contribution is -2.52. The van der Waals surface area contributed by atoms with Crippen LogP contribution in [0.25, 0.3) is 0 Å². The Morgan fingerprint density at radius 3 is 2.67 bits per heavy atom. The third-order valence-corrected chi connectivity index (χ3v) is 4.54. The molecule has 0 bridgehead atoms. The van der Waals surface area contributed by atoms with Gasteiger partial charge in [0, 0.05) is 12.8 Å². The van der Waals surface area contributed by atoms with E-state index in [1.807, 2.05) is 6.92 Å². The molecule has 0 fully saturated rings. The van der Waals surface area contributed by atoms with Crippen LogP contribution in [-0.4, -0.2) is 18.5 Å². The van der Waals surface area contributed by atoms with Gasteiger partial charge in [0.05, 0.1) is 6.61 Å². The number of carbonyl (C=O) groups is 2. The van der Waals surface area contributed by atoms with Crippen LogP contribution in [0.3, 0.4) is 0 Å². The van der Waals surface area contributed by atoms with Crippen LogP contribution in [-0.2, 0) is 12.8 Å². The number of imide groups is 1. The first kappa shape index (κ1) is 14.8. The molecular formula is C18H19N3O3+2. The molecule has 0 saturated carbocycles. The van der Waals surface area contributed by atoms with Gasteiger partial charge in [0.1, 0.15) is 11.4 Å². The highest BCUT2D eigenvalue weighted by Crippen LogP contribution is 2.25. The van der Waals surface area contributed by atoms with Crippen molar-refractivity contribution in [2.24, 2.45) is 0 Å². The average molecular weight is 325 g/mol. The molecule has 2 heterocycles. The van der Waals surface area contributed by atoms with Gasteiger partial charge in [-0.25, -0.2) is 9.78 Å². The van der Waals surface area contributed by atoms with Crippen molar-refractivity contribution in [2.45, 2.75) is 32.6 Å². The van der Waals surface area contributed by atoms with E-state index in [1.54, 1.807) is 35.0 Å². The van der Waals surface area contributed by atoms with Gasteiger partial charge in [0.25, 0.3) is 5.69 Å². The number of aromatic amines is 1. The number of carbonyl (C=O) groups excluding carboxylic acids is 2. The van der Waals surface area contributed by atoms with E-state index in [0.29, 0.717) is 18.0 Å². The van der Waals surface area contributed by atoms with Gasteiger partial charge in [-0.1, -0.05) is 0 Å². The molecule has 2 aromatic rings. The van der Waals surface area contributed by atoms with Crippen LogP contribution in [0, 0.1) is 0 Å². The molecule has 0 unspecified atom stereocenters. The third kappa shape index (κ3) is 2.18. The van der Waals surface area contributed by atoms with Crippen molar-refractivity contribution in [1.29, 1.82) is 0 Å². The van der Waals surface area contributed by atoms with Crippen LogP contribution in [0.2, 0.25) is 0 Å². The second kappa shape index (κ2) is 5.70. The van der Waals surface area contributed by atoms with Crippen LogP contribution >= 0.6 is 0 Å². The Labute approximate surface area is 139 Å². The number of amides is 2. The standard InChI is InChI=1S/C18H18N3O3/c1-2-24-13-9-7-12(8-10-13)20-17(22)16-11-19-14-5-3-4-6-15(14)21(16)18(20)23/h7-11H,2-6H2,1H3/q+1/p+1. The summed E-state index contributed by atoms with van der Waals surface area (Å²) in [6.45, 7) is 2.48. The maximum atomic E-state index is 12.9. The second-order valence-electron chi connectivity index (χ2n) is 5.99. The highest BCUT2D eigenvalue weighted by molar-refractivity contribution is 6.20. The van der Waals surface area contributed by atoms with Crippen molar-refractivity contribution in [3.63, 3.8) is 0 Å². The Hall–Kier alpha value is -2.76. The van der Waals surface area contributed by atoms with Gasteiger partial charge < -0.3 is 4.74 Å². The molecule has 1 aromatic heterocycles. The van der Waals surface area contributed by atoms with Crippen molar-refractivity contribution in [1.82, 2.24) is 0 Å². The van der Waals surface area contributed by atoms with Gasteiger partial charge in [0.15, 0.2) is 5.69 Å². The predicted octanol–water partition coefficient (Wildman–Crippen LogP) is 1.69. The number of nitrogens with zero attached hydrogens (tertiary/aromatic N) is 2. The number of H-pyrrole nitrogens is 1. The van der Waals surface area contributed by atoms with Crippen LogP contribution in [0.15, 0.2) is 30.5 Å². The maximum absolute atomic E-state index is 12.9. The lowest BCUT2D eigenvalue weighted by molar-refractivity contribution is -0.596. The zero-order valence-corrected chi connectivity index (χ0v) is 13.5. The van der Waals surface area contributed by atoms with Gasteiger partial charge in [-0.15, -0.1) is 9.47 Å². The van der Waals surface area contributed by atoms with Crippen molar-refractivity contribution >= 4 is 17.6 Å². The lowest BCUT2D eigenvalue weighted by atomic mass is 10.00. The molecule has 4 rings (SSSR count). The number of fused-ring (bicyclic) bond motifs is 3. The number of nitrogens with one attached hydrogen (secondary N) is 1. The Morgan fingerprint density at radius 2 is 1.92 bits per heavy atom. The van der Waals surface area contributed by atoms with Crippen molar-refractivity contribution in [3.05, 3.63) is 47.5 Å². The Balaban J connectivity index is 1.74. The molecule has 1 N–H and O–H groups in total. The second-order valence-corrected chi connectivity index (χ2v) is 5.99. The fourth-order valence-corrected chi connectivity index (χ4v) is 3.42. The van der Waals surface area contributed by atoms with Gasteiger partial charge >= 0.3 is 11.9 Å². The van der Waals surface area contributed by atoms with E-state index >= 15 is 0 Å². The maximum Gasteiger partial charge on any atom is 0.512 e. The summed E-state index contributed by atoms with van der Waals surface area (Å²) < 4.78 is 6.99. The largest absolute Gasteiger partial charge is 0.512 e. The molecule has 122 valence electrons. The van der Waals surface area contributed by atoms with E-state index < -0.39 is 0 Å². The van der Waals surface area contributed by atoms with Crippen LogP contribution in [0.4, 0.5) is 10.5 Å². The molecule has 6 heteroatoms. The number of hydrogen-bond donors (Lipinski definition) is 0. The lowest BCUT2D eigenvalue weighted by Gasteiger charge is -2.09. The summed E-state index contributed by atoms with van der Waals surface area (Å²) in [6, 6.07) is 6.72. The molecule has 2 aliphatic rings. The normalized spacial score (nSPS) is 16.1. The average Bonchev–Trinajstić information content (AvgIpc) is 2.87. The number of anilines is 1. The minimum Gasteiger partial charge on any atom is -0.494 e. The highest BCUT2D eigenvalue weighted by atomic mass is 16.5. The number of benzene rings is 1. The van der Waals surface area contributed by atoms with Crippen molar-refractivity contribution in [3.8, 4) is 5.75 Å². The van der Waals surface area contributed by atoms with Crippen LogP contribution in [0.1, 0.15) is 41.6 Å². The first-order valence-electron chi connectivity index (χ1n) is 8.31. The summed E-state index contributed by atoms with van der Waals surface area (Å²) in [6.07, 6.45) is 5.53. The van der Waals surface area contributed by atoms with Gasteiger partial charge in [-0.2, -0.15) is 4.79 Å². The molecule has 0 spiro atoms. The number of rotatable bonds is 3. The molecule has 0 radical (unpaired) electrons. The highest BCUT2D eigenvalue weighted by Gasteiger charge is 2.51. The summed E-state index contributed by atoms with van der Waals surface area (Å²) in [5.41, 5.74) is 2.95. The van der Waals surface area contributed by atoms with E-state index in [-0.39, 0.29) is 11.9 Å². The number of ether oxygens (including phenoxy) is 1. The molecular weight excluding hydrogens is 306 g/mol. The Bertz CT molecular complexity index is 830. The zero-order valence-electron chi connectivity index (χ0n) is 13.5. The fraction of sp³-hybridized carbons (Fsp3) is 0.333. The van der Waals surface area contributed by atoms with Crippen molar-refractivity contribution < 1.29 is 23.9 Å². The molecule has 0 atom stereocenters.